The van der Waals surface area contributed by atoms with Gasteiger partial charge in [0.1, 0.15) is 0 Å². The van der Waals surface area contributed by atoms with E-state index in [0.717, 1.165) is 18.4 Å². The molecule has 0 aliphatic rings. The van der Waals surface area contributed by atoms with Gasteiger partial charge in [-0.2, -0.15) is 0 Å². The Morgan fingerprint density at radius 3 is 2.20 bits per heavy atom. The van der Waals surface area contributed by atoms with Gasteiger partial charge in [-0.1, -0.05) is 27.2 Å². The Labute approximate surface area is 67.3 Å². The molecule has 61 valence electrons. The van der Waals surface area contributed by atoms with Gasteiger partial charge in [-0.15, -0.1) is 0 Å². The molecular weight excluding hydrogens is 140 g/mol. The van der Waals surface area contributed by atoms with E-state index in [1.807, 2.05) is 0 Å². The van der Waals surface area contributed by atoms with Crippen LogP contribution in [0.2, 0.25) is 5.54 Å². The molecule has 0 saturated heterocycles. The molecule has 10 heavy (non-hydrogen) atoms. The molecule has 1 radical (unpaired) electrons. The summed E-state index contributed by atoms with van der Waals surface area (Å²) in [5.41, 5.74) is 1.24. The monoisotopic (exact) mass is 159 g/mol. The summed E-state index contributed by atoms with van der Waals surface area (Å²) < 4.78 is 0. The average molecular weight is 159 g/mol. The third kappa shape index (κ3) is 4.07. The van der Waals surface area contributed by atoms with Crippen LogP contribution in [0, 0.1) is 5.41 Å². The Balaban J connectivity index is 3.52. The third-order valence-corrected chi connectivity index (χ3v) is 4.57. The van der Waals surface area contributed by atoms with Crippen molar-refractivity contribution in [2.75, 3.05) is 6.61 Å². The van der Waals surface area contributed by atoms with Crippen molar-refractivity contribution in [3.8, 4) is 0 Å². The third-order valence-electron chi connectivity index (χ3n) is 2.26. The standard InChI is InChI=1S/C8H19OSi/c1-8(2,3)7(10)5-4-6-9/h7H,4-6H2,1-3,10H3. The summed E-state index contributed by atoms with van der Waals surface area (Å²) in [4.78, 5) is 0. The zero-order valence-electron chi connectivity index (χ0n) is 7.61. The summed E-state index contributed by atoms with van der Waals surface area (Å²) in [6.45, 7) is 6.88. The molecule has 0 aromatic rings. The topological polar surface area (TPSA) is 19.9 Å². The van der Waals surface area contributed by atoms with E-state index in [0.29, 0.717) is 5.41 Å². The fourth-order valence-corrected chi connectivity index (χ4v) is 1.23. The van der Waals surface area contributed by atoms with Gasteiger partial charge in [-0.25, -0.2) is 5.11 Å². The molecule has 0 rings (SSSR count). The van der Waals surface area contributed by atoms with Gasteiger partial charge in [-0.3, -0.25) is 0 Å². The Hall–Kier alpha value is 0.177. The largest absolute Gasteiger partial charge is 0.237 e. The Morgan fingerprint density at radius 2 is 1.90 bits per heavy atom. The molecule has 0 aliphatic heterocycles. The Morgan fingerprint density at radius 1 is 1.40 bits per heavy atom. The second kappa shape index (κ2) is 4.14. The van der Waals surface area contributed by atoms with Crippen molar-refractivity contribution in [1.29, 1.82) is 0 Å². The lowest BCUT2D eigenvalue weighted by Crippen LogP contribution is -2.15. The molecule has 1 unspecified atom stereocenters. The molecular formula is C8H19OSi. The molecule has 0 amide bonds. The van der Waals surface area contributed by atoms with Crippen molar-refractivity contribution in [2.45, 2.75) is 39.2 Å². The van der Waals surface area contributed by atoms with Crippen LogP contribution in [0.4, 0.5) is 0 Å². The summed E-state index contributed by atoms with van der Waals surface area (Å²) >= 11 is 0. The Kier molecular flexibility index (Phi) is 4.21. The van der Waals surface area contributed by atoms with Gasteiger partial charge in [0.15, 0.2) is 0 Å². The molecule has 2 heteroatoms. The van der Waals surface area contributed by atoms with Gasteiger partial charge < -0.3 is 0 Å². The fraction of sp³-hybridized carbons (Fsp3) is 1.00. The highest BCUT2D eigenvalue weighted by atomic mass is 28.1. The number of hydrogen-bond acceptors (Lipinski definition) is 0. The van der Waals surface area contributed by atoms with E-state index in [9.17, 15) is 5.11 Å². The van der Waals surface area contributed by atoms with Crippen LogP contribution in [0.15, 0.2) is 0 Å². The number of rotatable bonds is 3. The first kappa shape index (κ1) is 10.2. The van der Waals surface area contributed by atoms with Crippen LogP contribution in [0.5, 0.6) is 0 Å². The minimum atomic E-state index is 0.106. The minimum absolute atomic E-state index is 0.106. The summed E-state index contributed by atoms with van der Waals surface area (Å²) in [7, 11) is 1.22. The van der Waals surface area contributed by atoms with Gasteiger partial charge in [0.05, 0.1) is 6.61 Å². The van der Waals surface area contributed by atoms with E-state index >= 15 is 0 Å². The molecule has 0 saturated carbocycles. The van der Waals surface area contributed by atoms with E-state index in [4.69, 9.17) is 0 Å². The second-order valence-corrected chi connectivity index (χ2v) is 5.51. The van der Waals surface area contributed by atoms with E-state index in [-0.39, 0.29) is 6.61 Å². The lowest BCUT2D eigenvalue weighted by molar-refractivity contribution is 0.181. The van der Waals surface area contributed by atoms with Crippen LogP contribution >= 0.6 is 0 Å². The van der Waals surface area contributed by atoms with Crippen LogP contribution in [0.3, 0.4) is 0 Å². The SMILES string of the molecule is CC(C)(C)C([SiH3])CCC[O]. The predicted octanol–water partition coefficient (Wildman–Crippen LogP) is 1.40. The molecule has 1 nitrogen and oxygen atoms in total. The molecule has 0 spiro atoms. The van der Waals surface area contributed by atoms with Crippen molar-refractivity contribution in [3.05, 3.63) is 0 Å². The highest BCUT2D eigenvalue weighted by Gasteiger charge is 2.18. The maximum absolute atomic E-state index is 10.2. The van der Waals surface area contributed by atoms with Gasteiger partial charge >= 0.3 is 0 Å². The van der Waals surface area contributed by atoms with Crippen molar-refractivity contribution in [3.63, 3.8) is 0 Å². The summed E-state index contributed by atoms with van der Waals surface area (Å²) in [6.07, 6.45) is 2.00. The van der Waals surface area contributed by atoms with Crippen LogP contribution < -0.4 is 0 Å². The first-order valence-corrected chi connectivity index (χ1v) is 5.22. The zero-order chi connectivity index (χ0) is 8.20. The first-order valence-electron chi connectivity index (χ1n) is 4.06. The molecule has 0 aromatic carbocycles. The van der Waals surface area contributed by atoms with Crippen molar-refractivity contribution in [2.24, 2.45) is 5.41 Å². The lowest BCUT2D eigenvalue weighted by atomic mass is 9.89. The smallest absolute Gasteiger partial charge is 0.0822 e. The number of hydrogen-bond donors (Lipinski definition) is 0. The molecule has 0 N–H and O–H groups in total. The summed E-state index contributed by atoms with van der Waals surface area (Å²) in [5.74, 6) is 0. The van der Waals surface area contributed by atoms with Crippen LogP contribution in [0.25, 0.3) is 0 Å². The van der Waals surface area contributed by atoms with Crippen molar-refractivity contribution in [1.82, 2.24) is 0 Å². The van der Waals surface area contributed by atoms with Crippen LogP contribution in [0.1, 0.15) is 33.6 Å². The van der Waals surface area contributed by atoms with Gasteiger partial charge in [-0.05, 0) is 17.4 Å². The molecule has 0 heterocycles. The van der Waals surface area contributed by atoms with Gasteiger partial charge in [0.25, 0.3) is 0 Å². The lowest BCUT2D eigenvalue weighted by Gasteiger charge is -2.26. The average Bonchev–Trinajstić information content (AvgIpc) is 1.80. The Bertz CT molecular complexity index is 85.7. The molecule has 0 aromatic heterocycles. The molecule has 0 aliphatic carbocycles. The highest BCUT2D eigenvalue weighted by molar-refractivity contribution is 6.12. The van der Waals surface area contributed by atoms with Crippen molar-refractivity contribution < 1.29 is 5.11 Å². The second-order valence-electron chi connectivity index (χ2n) is 4.11. The normalized spacial score (nSPS) is 15.6. The highest BCUT2D eigenvalue weighted by Crippen LogP contribution is 2.31. The first-order chi connectivity index (χ1) is 4.48. The van der Waals surface area contributed by atoms with Crippen LogP contribution in [-0.4, -0.2) is 16.8 Å². The minimum Gasteiger partial charge on any atom is -0.237 e. The maximum atomic E-state index is 10.2. The molecule has 0 bridgehead atoms. The maximum Gasteiger partial charge on any atom is 0.0822 e. The van der Waals surface area contributed by atoms with Gasteiger partial charge in [0.2, 0.25) is 0 Å². The van der Waals surface area contributed by atoms with E-state index < -0.39 is 0 Å². The summed E-state index contributed by atoms with van der Waals surface area (Å²) in [5, 5.41) is 10.2. The summed E-state index contributed by atoms with van der Waals surface area (Å²) in [6, 6.07) is 0. The van der Waals surface area contributed by atoms with E-state index in [1.54, 1.807) is 0 Å². The van der Waals surface area contributed by atoms with E-state index in [1.165, 1.54) is 10.2 Å². The van der Waals surface area contributed by atoms with E-state index in [2.05, 4.69) is 20.8 Å². The van der Waals surface area contributed by atoms with Gasteiger partial charge in [0, 0.05) is 10.2 Å². The molecule has 0 fully saturated rings. The molecule has 1 atom stereocenters. The van der Waals surface area contributed by atoms with Crippen molar-refractivity contribution >= 4 is 10.2 Å². The zero-order valence-corrected chi connectivity index (χ0v) is 9.61. The fourth-order valence-electron chi connectivity index (χ4n) is 0.823. The predicted molar refractivity (Wildman–Crippen MR) is 47.9 cm³/mol. The van der Waals surface area contributed by atoms with Crippen LogP contribution in [-0.2, 0) is 5.11 Å². The quantitative estimate of drug-likeness (QED) is 0.555.